The van der Waals surface area contributed by atoms with Crippen LogP contribution in [0.4, 0.5) is 9.18 Å². The van der Waals surface area contributed by atoms with Gasteiger partial charge in [0.25, 0.3) is 0 Å². The number of likely N-dealkylation sites (tertiary alicyclic amines) is 1. The second-order valence-corrected chi connectivity index (χ2v) is 7.22. The minimum Gasteiger partial charge on any atom is -0.378 e. The molecule has 2 amide bonds. The Hall–Kier alpha value is -1.14. The number of carbonyl (C=O) groups is 1. The van der Waals surface area contributed by atoms with Crippen LogP contribution in [-0.2, 0) is 11.3 Å². The maximum Gasteiger partial charge on any atom is 0.317 e. The lowest BCUT2D eigenvalue weighted by Gasteiger charge is -2.32. The summed E-state index contributed by atoms with van der Waals surface area (Å²) in [5.74, 6) is 0.214. The number of piperidine rings is 1. The molecule has 0 aliphatic carbocycles. The van der Waals surface area contributed by atoms with E-state index in [1.165, 1.54) is 6.07 Å². The zero-order valence-electron chi connectivity index (χ0n) is 13.6. The smallest absolute Gasteiger partial charge is 0.317 e. The number of nitrogens with one attached hydrogen (secondary N) is 1. The average Bonchev–Trinajstić information content (AvgIpc) is 2.54. The Balaban J connectivity index is 1.76. The van der Waals surface area contributed by atoms with Crippen LogP contribution < -0.4 is 5.32 Å². The molecule has 0 spiro atoms. The molecule has 1 aliphatic rings. The Morgan fingerprint density at radius 3 is 2.78 bits per heavy atom. The van der Waals surface area contributed by atoms with Crippen LogP contribution >= 0.6 is 15.9 Å². The number of halogens is 2. The molecule has 0 aromatic heterocycles. The van der Waals surface area contributed by atoms with Gasteiger partial charge < -0.3 is 15.0 Å². The molecule has 0 radical (unpaired) electrons. The highest BCUT2D eigenvalue weighted by molar-refractivity contribution is 9.10. The summed E-state index contributed by atoms with van der Waals surface area (Å²) >= 11 is 3.31. The highest BCUT2D eigenvalue weighted by Crippen LogP contribution is 2.17. The standard InChI is InChI=1S/C17H24BrFN2O2/c1-12(2)11-23-15-5-7-21(8-6-15)17(22)20-10-13-9-14(18)3-4-16(13)19/h3-4,9,12,15H,5-8,10-11H2,1-2H3,(H,20,22). The van der Waals surface area contributed by atoms with Crippen molar-refractivity contribution < 1.29 is 13.9 Å². The first-order valence-electron chi connectivity index (χ1n) is 8.04. The number of rotatable bonds is 5. The topological polar surface area (TPSA) is 41.6 Å². The van der Waals surface area contributed by atoms with Crippen LogP contribution in [-0.4, -0.2) is 36.7 Å². The highest BCUT2D eigenvalue weighted by Gasteiger charge is 2.23. The number of ether oxygens (including phenoxy) is 1. The molecule has 23 heavy (non-hydrogen) atoms. The van der Waals surface area contributed by atoms with Crippen LogP contribution in [0.3, 0.4) is 0 Å². The third-order valence-corrected chi connectivity index (χ3v) is 4.33. The minimum absolute atomic E-state index is 0.147. The van der Waals surface area contributed by atoms with Crippen molar-refractivity contribution in [2.24, 2.45) is 5.92 Å². The van der Waals surface area contributed by atoms with Gasteiger partial charge >= 0.3 is 6.03 Å². The Bertz CT molecular complexity index is 531. The van der Waals surface area contributed by atoms with Gasteiger partial charge in [-0.1, -0.05) is 29.8 Å². The fourth-order valence-corrected chi connectivity index (χ4v) is 2.92. The molecule has 1 aromatic carbocycles. The van der Waals surface area contributed by atoms with E-state index in [1.807, 2.05) is 0 Å². The monoisotopic (exact) mass is 386 g/mol. The van der Waals surface area contributed by atoms with Crippen molar-refractivity contribution in [3.8, 4) is 0 Å². The summed E-state index contributed by atoms with van der Waals surface area (Å²) < 4.78 is 20.3. The molecule has 1 aliphatic heterocycles. The molecule has 1 aromatic rings. The van der Waals surface area contributed by atoms with Crippen LogP contribution in [0.15, 0.2) is 22.7 Å². The van der Waals surface area contributed by atoms with Gasteiger partial charge in [0.05, 0.1) is 6.10 Å². The Morgan fingerprint density at radius 1 is 1.43 bits per heavy atom. The number of hydrogen-bond acceptors (Lipinski definition) is 2. The van der Waals surface area contributed by atoms with Gasteiger partial charge in [-0.3, -0.25) is 0 Å². The molecular weight excluding hydrogens is 363 g/mol. The summed E-state index contributed by atoms with van der Waals surface area (Å²) in [6.45, 7) is 6.56. The molecule has 4 nitrogen and oxygen atoms in total. The Labute approximate surface area is 145 Å². The number of carbonyl (C=O) groups excluding carboxylic acids is 1. The van der Waals surface area contributed by atoms with Gasteiger partial charge in [0, 0.05) is 36.3 Å². The predicted octanol–water partition coefficient (Wildman–Crippen LogP) is 3.93. The van der Waals surface area contributed by atoms with Crippen molar-refractivity contribution in [2.75, 3.05) is 19.7 Å². The number of urea groups is 1. The van der Waals surface area contributed by atoms with Gasteiger partial charge in [0.2, 0.25) is 0 Å². The summed E-state index contributed by atoms with van der Waals surface area (Å²) in [6, 6.07) is 4.57. The molecule has 0 atom stereocenters. The number of hydrogen-bond donors (Lipinski definition) is 1. The molecule has 0 bridgehead atoms. The maximum atomic E-state index is 13.7. The lowest BCUT2D eigenvalue weighted by Crippen LogP contribution is -2.45. The lowest BCUT2D eigenvalue weighted by molar-refractivity contribution is 0.00210. The van der Waals surface area contributed by atoms with Gasteiger partial charge in [-0.25, -0.2) is 9.18 Å². The SMILES string of the molecule is CC(C)COC1CCN(C(=O)NCc2cc(Br)ccc2F)CC1. The van der Waals surface area contributed by atoms with Gasteiger partial charge in [0.1, 0.15) is 5.82 Å². The van der Waals surface area contributed by atoms with E-state index < -0.39 is 0 Å². The summed E-state index contributed by atoms with van der Waals surface area (Å²) in [6.07, 6.45) is 1.94. The Kier molecular flexibility index (Phi) is 6.84. The van der Waals surface area contributed by atoms with E-state index in [4.69, 9.17) is 4.74 Å². The molecule has 0 saturated carbocycles. The summed E-state index contributed by atoms with van der Waals surface area (Å²) in [5.41, 5.74) is 0.475. The molecule has 6 heteroatoms. The van der Waals surface area contributed by atoms with Gasteiger partial charge in [0.15, 0.2) is 0 Å². The number of amides is 2. The highest BCUT2D eigenvalue weighted by atomic mass is 79.9. The zero-order chi connectivity index (χ0) is 16.8. The molecular formula is C17H24BrFN2O2. The van der Waals surface area contributed by atoms with E-state index in [-0.39, 0.29) is 24.5 Å². The summed E-state index contributed by atoms with van der Waals surface area (Å²) in [5, 5.41) is 2.79. The van der Waals surface area contributed by atoms with E-state index in [1.54, 1.807) is 17.0 Å². The van der Waals surface area contributed by atoms with Crippen molar-refractivity contribution in [2.45, 2.75) is 39.3 Å². The normalized spacial score (nSPS) is 16.0. The number of nitrogens with zero attached hydrogens (tertiary/aromatic N) is 1. The molecule has 0 unspecified atom stereocenters. The van der Waals surface area contributed by atoms with Gasteiger partial charge in [-0.05, 0) is 37.0 Å². The van der Waals surface area contributed by atoms with Crippen LogP contribution in [0, 0.1) is 11.7 Å². The summed E-state index contributed by atoms with van der Waals surface area (Å²) in [4.78, 5) is 13.9. The van der Waals surface area contributed by atoms with Gasteiger partial charge in [-0.15, -0.1) is 0 Å². The second-order valence-electron chi connectivity index (χ2n) is 6.31. The first-order chi connectivity index (χ1) is 11.0. The first kappa shape index (κ1) is 18.2. The molecule has 1 N–H and O–H groups in total. The third kappa shape index (κ3) is 5.77. The van der Waals surface area contributed by atoms with Crippen LogP contribution in [0.2, 0.25) is 0 Å². The summed E-state index contributed by atoms with van der Waals surface area (Å²) in [7, 11) is 0. The third-order valence-electron chi connectivity index (χ3n) is 3.83. The first-order valence-corrected chi connectivity index (χ1v) is 8.83. The van der Waals surface area contributed by atoms with E-state index >= 15 is 0 Å². The Morgan fingerprint density at radius 2 is 2.13 bits per heavy atom. The fraction of sp³-hybridized carbons (Fsp3) is 0.588. The van der Waals surface area contributed by atoms with Crippen molar-refractivity contribution in [3.63, 3.8) is 0 Å². The maximum absolute atomic E-state index is 13.7. The van der Waals surface area contributed by atoms with Crippen LogP contribution in [0.1, 0.15) is 32.3 Å². The second kappa shape index (κ2) is 8.64. The average molecular weight is 387 g/mol. The predicted molar refractivity (Wildman–Crippen MR) is 91.7 cm³/mol. The van der Waals surface area contributed by atoms with Crippen molar-refractivity contribution in [1.29, 1.82) is 0 Å². The molecule has 128 valence electrons. The van der Waals surface area contributed by atoms with E-state index in [0.29, 0.717) is 24.6 Å². The number of benzene rings is 1. The van der Waals surface area contributed by atoms with E-state index in [0.717, 1.165) is 23.9 Å². The fourth-order valence-electron chi connectivity index (χ4n) is 2.52. The zero-order valence-corrected chi connectivity index (χ0v) is 15.2. The van der Waals surface area contributed by atoms with Crippen molar-refractivity contribution in [3.05, 3.63) is 34.1 Å². The minimum atomic E-state index is -0.311. The largest absolute Gasteiger partial charge is 0.378 e. The van der Waals surface area contributed by atoms with Gasteiger partial charge in [-0.2, -0.15) is 0 Å². The van der Waals surface area contributed by atoms with Crippen LogP contribution in [0.25, 0.3) is 0 Å². The molecule has 1 heterocycles. The molecule has 1 fully saturated rings. The van der Waals surface area contributed by atoms with Crippen molar-refractivity contribution in [1.82, 2.24) is 10.2 Å². The van der Waals surface area contributed by atoms with E-state index in [2.05, 4.69) is 35.1 Å². The van der Waals surface area contributed by atoms with Crippen LogP contribution in [0.5, 0.6) is 0 Å². The lowest BCUT2D eigenvalue weighted by atomic mass is 10.1. The van der Waals surface area contributed by atoms with E-state index in [9.17, 15) is 9.18 Å². The van der Waals surface area contributed by atoms with Crippen molar-refractivity contribution >= 4 is 22.0 Å². The molecule has 1 saturated heterocycles. The molecule has 2 rings (SSSR count). The quantitative estimate of drug-likeness (QED) is 0.832.